The van der Waals surface area contributed by atoms with Crippen LogP contribution in [0.25, 0.3) is 11.1 Å². The molecule has 0 radical (unpaired) electrons. The monoisotopic (exact) mass is 283 g/mol. The van der Waals surface area contributed by atoms with Crippen molar-refractivity contribution < 1.29 is 9.47 Å². The lowest BCUT2D eigenvalue weighted by Gasteiger charge is -2.22. The van der Waals surface area contributed by atoms with E-state index in [0.29, 0.717) is 6.61 Å². The summed E-state index contributed by atoms with van der Waals surface area (Å²) in [4.78, 5) is 0. The Bertz CT molecular complexity index is 574. The molecule has 1 aliphatic heterocycles. The average Bonchev–Trinajstić information content (AvgIpc) is 2.55. The third kappa shape index (κ3) is 3.63. The van der Waals surface area contributed by atoms with Gasteiger partial charge in [-0.25, -0.2) is 0 Å². The predicted octanol–water partition coefficient (Wildman–Crippen LogP) is 3.98. The first-order valence-corrected chi connectivity index (χ1v) is 7.50. The number of anilines is 1. The molecule has 2 aromatic rings. The number of ether oxygens (including phenoxy) is 2. The molecule has 1 unspecified atom stereocenters. The smallest absolute Gasteiger partial charge is 0.158 e. The van der Waals surface area contributed by atoms with Crippen LogP contribution in [0.5, 0.6) is 0 Å². The van der Waals surface area contributed by atoms with Gasteiger partial charge in [-0.15, -0.1) is 0 Å². The summed E-state index contributed by atoms with van der Waals surface area (Å²) in [5.41, 5.74) is 10.2. The number of hydrogen-bond acceptors (Lipinski definition) is 3. The van der Waals surface area contributed by atoms with E-state index in [-0.39, 0.29) is 6.29 Å². The van der Waals surface area contributed by atoms with E-state index in [9.17, 15) is 0 Å². The molecule has 1 fully saturated rings. The van der Waals surface area contributed by atoms with Gasteiger partial charge in [-0.1, -0.05) is 42.5 Å². The second-order valence-electron chi connectivity index (χ2n) is 5.39. The highest BCUT2D eigenvalue weighted by Crippen LogP contribution is 2.26. The molecule has 1 atom stereocenters. The molecule has 0 spiro atoms. The first-order chi connectivity index (χ1) is 10.3. The minimum Gasteiger partial charge on any atom is -0.398 e. The van der Waals surface area contributed by atoms with Gasteiger partial charge in [0, 0.05) is 17.9 Å². The standard InChI is InChI=1S/C18H21NO2/c19-17-6-2-1-5-16(17)15-10-8-14(9-11-15)13-21-18-7-3-4-12-20-18/h1-2,5-6,8-11,18H,3-4,7,12-13,19H2. The van der Waals surface area contributed by atoms with Crippen molar-refractivity contribution in [3.63, 3.8) is 0 Å². The number of hydrogen-bond donors (Lipinski definition) is 1. The van der Waals surface area contributed by atoms with Crippen molar-refractivity contribution in [2.24, 2.45) is 0 Å². The van der Waals surface area contributed by atoms with Crippen LogP contribution in [0.15, 0.2) is 48.5 Å². The molecule has 3 heteroatoms. The quantitative estimate of drug-likeness (QED) is 0.863. The highest BCUT2D eigenvalue weighted by molar-refractivity contribution is 5.76. The van der Waals surface area contributed by atoms with Gasteiger partial charge in [0.25, 0.3) is 0 Å². The fraction of sp³-hybridized carbons (Fsp3) is 0.333. The molecule has 0 aliphatic carbocycles. The lowest BCUT2D eigenvalue weighted by molar-refractivity contribution is -0.168. The number of benzene rings is 2. The molecule has 0 amide bonds. The summed E-state index contributed by atoms with van der Waals surface area (Å²) in [5.74, 6) is 0. The highest BCUT2D eigenvalue weighted by Gasteiger charge is 2.13. The molecular weight excluding hydrogens is 262 g/mol. The van der Waals surface area contributed by atoms with E-state index < -0.39 is 0 Å². The third-order valence-electron chi connectivity index (χ3n) is 3.80. The van der Waals surface area contributed by atoms with Gasteiger partial charge in [-0.3, -0.25) is 0 Å². The Morgan fingerprint density at radius 3 is 2.57 bits per heavy atom. The van der Waals surface area contributed by atoms with Crippen molar-refractivity contribution >= 4 is 5.69 Å². The van der Waals surface area contributed by atoms with E-state index in [1.165, 1.54) is 6.42 Å². The summed E-state index contributed by atoms with van der Waals surface area (Å²) in [5, 5.41) is 0. The molecule has 21 heavy (non-hydrogen) atoms. The van der Waals surface area contributed by atoms with Crippen LogP contribution in [0.2, 0.25) is 0 Å². The van der Waals surface area contributed by atoms with Crippen LogP contribution >= 0.6 is 0 Å². The van der Waals surface area contributed by atoms with Crippen LogP contribution in [-0.4, -0.2) is 12.9 Å². The van der Waals surface area contributed by atoms with Gasteiger partial charge in [0.15, 0.2) is 6.29 Å². The number of nitrogens with two attached hydrogens (primary N) is 1. The lowest BCUT2D eigenvalue weighted by atomic mass is 10.0. The molecule has 0 bridgehead atoms. The van der Waals surface area contributed by atoms with Crippen LogP contribution in [-0.2, 0) is 16.1 Å². The largest absolute Gasteiger partial charge is 0.398 e. The van der Waals surface area contributed by atoms with E-state index in [4.69, 9.17) is 15.2 Å². The van der Waals surface area contributed by atoms with Gasteiger partial charge in [-0.05, 0) is 36.5 Å². The van der Waals surface area contributed by atoms with Gasteiger partial charge in [0.1, 0.15) is 0 Å². The molecule has 1 saturated heterocycles. The van der Waals surface area contributed by atoms with Crippen molar-refractivity contribution in [3.8, 4) is 11.1 Å². The summed E-state index contributed by atoms with van der Waals surface area (Å²) in [7, 11) is 0. The summed E-state index contributed by atoms with van der Waals surface area (Å²) in [6.07, 6.45) is 3.30. The molecule has 1 aliphatic rings. The summed E-state index contributed by atoms with van der Waals surface area (Å²) in [6.45, 7) is 1.41. The molecule has 3 nitrogen and oxygen atoms in total. The summed E-state index contributed by atoms with van der Waals surface area (Å²) >= 11 is 0. The molecule has 2 aromatic carbocycles. The van der Waals surface area contributed by atoms with Crippen LogP contribution in [0, 0.1) is 0 Å². The minimum absolute atomic E-state index is 0.0387. The number of nitrogen functional groups attached to an aromatic ring is 1. The van der Waals surface area contributed by atoms with Crippen molar-refractivity contribution in [2.75, 3.05) is 12.3 Å². The van der Waals surface area contributed by atoms with Crippen molar-refractivity contribution in [3.05, 3.63) is 54.1 Å². The number of para-hydroxylation sites is 1. The Balaban J connectivity index is 1.63. The molecule has 0 aromatic heterocycles. The van der Waals surface area contributed by atoms with Crippen molar-refractivity contribution in [2.45, 2.75) is 32.2 Å². The first kappa shape index (κ1) is 14.1. The topological polar surface area (TPSA) is 44.5 Å². The van der Waals surface area contributed by atoms with Gasteiger partial charge < -0.3 is 15.2 Å². The summed E-state index contributed by atoms with van der Waals surface area (Å²) in [6, 6.07) is 16.3. The summed E-state index contributed by atoms with van der Waals surface area (Å²) < 4.78 is 11.4. The van der Waals surface area contributed by atoms with Crippen LogP contribution in [0.4, 0.5) is 5.69 Å². The van der Waals surface area contributed by atoms with Gasteiger partial charge in [0.2, 0.25) is 0 Å². The molecule has 0 saturated carbocycles. The van der Waals surface area contributed by atoms with E-state index in [2.05, 4.69) is 24.3 Å². The maximum Gasteiger partial charge on any atom is 0.158 e. The van der Waals surface area contributed by atoms with E-state index >= 15 is 0 Å². The maximum absolute atomic E-state index is 6.01. The van der Waals surface area contributed by atoms with Gasteiger partial charge >= 0.3 is 0 Å². The van der Waals surface area contributed by atoms with Crippen LogP contribution < -0.4 is 5.73 Å². The Labute approximate surface area is 125 Å². The second-order valence-corrected chi connectivity index (χ2v) is 5.39. The van der Waals surface area contributed by atoms with Crippen molar-refractivity contribution in [1.82, 2.24) is 0 Å². The second kappa shape index (κ2) is 6.74. The predicted molar refractivity (Wildman–Crippen MR) is 84.7 cm³/mol. The maximum atomic E-state index is 6.01. The van der Waals surface area contributed by atoms with E-state index in [0.717, 1.165) is 41.8 Å². The highest BCUT2D eigenvalue weighted by atomic mass is 16.7. The van der Waals surface area contributed by atoms with Gasteiger partial charge in [0.05, 0.1) is 6.61 Å². The number of rotatable bonds is 4. The van der Waals surface area contributed by atoms with Crippen LogP contribution in [0.1, 0.15) is 24.8 Å². The Morgan fingerprint density at radius 1 is 1.05 bits per heavy atom. The van der Waals surface area contributed by atoms with Crippen LogP contribution in [0.3, 0.4) is 0 Å². The average molecular weight is 283 g/mol. The Morgan fingerprint density at radius 2 is 1.86 bits per heavy atom. The Hall–Kier alpha value is -1.84. The zero-order chi connectivity index (χ0) is 14.5. The Kier molecular flexibility index (Phi) is 4.53. The molecule has 1 heterocycles. The lowest BCUT2D eigenvalue weighted by Crippen LogP contribution is -2.21. The van der Waals surface area contributed by atoms with Gasteiger partial charge in [-0.2, -0.15) is 0 Å². The molecule has 3 rings (SSSR count). The van der Waals surface area contributed by atoms with Crippen molar-refractivity contribution in [1.29, 1.82) is 0 Å². The normalized spacial score (nSPS) is 18.6. The van der Waals surface area contributed by atoms with E-state index in [1.807, 2.05) is 24.3 Å². The zero-order valence-corrected chi connectivity index (χ0v) is 12.1. The third-order valence-corrected chi connectivity index (χ3v) is 3.80. The fourth-order valence-electron chi connectivity index (χ4n) is 2.57. The molecule has 110 valence electrons. The molecular formula is C18H21NO2. The molecule has 2 N–H and O–H groups in total. The fourth-order valence-corrected chi connectivity index (χ4v) is 2.57. The first-order valence-electron chi connectivity index (χ1n) is 7.50. The van der Waals surface area contributed by atoms with E-state index in [1.54, 1.807) is 0 Å². The SMILES string of the molecule is Nc1ccccc1-c1ccc(COC2CCCCO2)cc1. The zero-order valence-electron chi connectivity index (χ0n) is 12.1. The minimum atomic E-state index is -0.0387.